The van der Waals surface area contributed by atoms with Crippen molar-refractivity contribution >= 4 is 0 Å². The van der Waals surface area contributed by atoms with Crippen molar-refractivity contribution in [2.24, 2.45) is 5.92 Å². The molecule has 3 heteroatoms. The molecular weight excluding hydrogens is 284 g/mol. The molecule has 3 atom stereocenters. The van der Waals surface area contributed by atoms with Crippen LogP contribution in [0.1, 0.15) is 78.1 Å². The van der Waals surface area contributed by atoms with Crippen molar-refractivity contribution in [2.45, 2.75) is 66.9 Å². The van der Waals surface area contributed by atoms with E-state index in [9.17, 15) is 5.11 Å². The molecule has 1 aromatic heterocycles. The number of benzene rings is 1. The number of aliphatic hydroxyl groups is 1. The lowest BCUT2D eigenvalue weighted by atomic mass is 9.85. The fourth-order valence-corrected chi connectivity index (χ4v) is 2.94. The molecule has 23 heavy (non-hydrogen) atoms. The molecule has 2 aromatic rings. The van der Waals surface area contributed by atoms with Gasteiger partial charge in [0, 0.05) is 23.7 Å². The van der Waals surface area contributed by atoms with Crippen molar-refractivity contribution in [2.75, 3.05) is 0 Å². The molecule has 0 saturated heterocycles. The van der Waals surface area contributed by atoms with Gasteiger partial charge in [0.1, 0.15) is 0 Å². The summed E-state index contributed by atoms with van der Waals surface area (Å²) in [5.41, 5.74) is 2.54. The van der Waals surface area contributed by atoms with Gasteiger partial charge in [-0.2, -0.15) is 0 Å². The maximum absolute atomic E-state index is 10.7. The van der Waals surface area contributed by atoms with Crippen molar-refractivity contribution in [1.29, 1.82) is 0 Å². The Labute approximate surface area is 142 Å². The summed E-state index contributed by atoms with van der Waals surface area (Å²) in [6.07, 6.45) is 3.54. The molecule has 1 aliphatic carbocycles. The standard InChI is InChI=1S/C14H16N2O.3C2H6/c1-9-13(12-7-15-8-16-12)10-5-3-4-6-11(10)14(9,2)17;3*1-2/h3-9,13,17H,1-2H3,(H,15,16);3*1-2H3. The minimum absolute atomic E-state index is 0.139. The monoisotopic (exact) mass is 318 g/mol. The topological polar surface area (TPSA) is 48.9 Å². The molecule has 1 aromatic carbocycles. The Morgan fingerprint density at radius 2 is 1.61 bits per heavy atom. The Hall–Kier alpha value is -1.61. The number of aromatic amines is 1. The quantitative estimate of drug-likeness (QED) is 0.731. The zero-order valence-electron chi connectivity index (χ0n) is 16.0. The Morgan fingerprint density at radius 3 is 2.13 bits per heavy atom. The maximum Gasteiger partial charge on any atom is 0.0921 e. The first kappa shape index (κ1) is 21.4. The number of fused-ring (bicyclic) bond motifs is 1. The molecule has 0 bridgehead atoms. The molecule has 1 aliphatic rings. The number of rotatable bonds is 1. The Balaban J connectivity index is 0.000000728. The van der Waals surface area contributed by atoms with E-state index in [0.29, 0.717) is 0 Å². The molecule has 0 spiro atoms. The van der Waals surface area contributed by atoms with Gasteiger partial charge in [0.05, 0.1) is 11.9 Å². The smallest absolute Gasteiger partial charge is 0.0921 e. The van der Waals surface area contributed by atoms with Crippen molar-refractivity contribution in [3.05, 3.63) is 53.6 Å². The van der Waals surface area contributed by atoms with Crippen LogP contribution >= 0.6 is 0 Å². The molecule has 1 heterocycles. The highest BCUT2D eigenvalue weighted by atomic mass is 16.3. The Bertz CT molecular complexity index is 532. The van der Waals surface area contributed by atoms with Gasteiger partial charge in [0.2, 0.25) is 0 Å². The third kappa shape index (κ3) is 4.23. The van der Waals surface area contributed by atoms with Gasteiger partial charge in [-0.25, -0.2) is 4.98 Å². The molecule has 0 aliphatic heterocycles. The van der Waals surface area contributed by atoms with Crippen LogP contribution in [0.5, 0.6) is 0 Å². The van der Waals surface area contributed by atoms with E-state index < -0.39 is 5.60 Å². The predicted octanol–water partition coefficient (Wildman–Crippen LogP) is 5.48. The summed E-state index contributed by atoms with van der Waals surface area (Å²) >= 11 is 0. The average Bonchev–Trinajstić information content (AvgIpc) is 3.20. The van der Waals surface area contributed by atoms with Crippen LogP contribution in [0, 0.1) is 5.92 Å². The second-order valence-corrected chi connectivity index (χ2v) is 5.01. The number of nitrogens with one attached hydrogen (secondary N) is 1. The van der Waals surface area contributed by atoms with Gasteiger partial charge < -0.3 is 10.1 Å². The normalized spacial score (nSPS) is 24.0. The van der Waals surface area contributed by atoms with E-state index in [4.69, 9.17) is 0 Å². The molecule has 0 saturated carbocycles. The molecule has 0 radical (unpaired) electrons. The van der Waals surface area contributed by atoms with Gasteiger partial charge >= 0.3 is 0 Å². The van der Waals surface area contributed by atoms with Gasteiger partial charge in [0.25, 0.3) is 0 Å². The fraction of sp³-hybridized carbons (Fsp3) is 0.550. The number of H-pyrrole nitrogens is 1. The van der Waals surface area contributed by atoms with Crippen LogP contribution in [-0.4, -0.2) is 15.1 Å². The molecule has 3 rings (SSSR count). The summed E-state index contributed by atoms with van der Waals surface area (Å²) < 4.78 is 0. The lowest BCUT2D eigenvalue weighted by Gasteiger charge is -2.26. The van der Waals surface area contributed by atoms with Crippen LogP contribution in [0.15, 0.2) is 36.8 Å². The lowest BCUT2D eigenvalue weighted by Crippen LogP contribution is -2.27. The molecule has 2 N–H and O–H groups in total. The SMILES string of the molecule is CC.CC.CC.CC1C(c2cnc[nH]2)c2ccccc2C1(C)O. The summed E-state index contributed by atoms with van der Waals surface area (Å²) in [6, 6.07) is 8.12. The van der Waals surface area contributed by atoms with Crippen LogP contribution in [-0.2, 0) is 5.60 Å². The maximum atomic E-state index is 10.7. The summed E-state index contributed by atoms with van der Waals surface area (Å²) in [4.78, 5) is 7.25. The number of nitrogens with zero attached hydrogens (tertiary/aromatic N) is 1. The third-order valence-electron chi connectivity index (χ3n) is 4.08. The first-order valence-electron chi connectivity index (χ1n) is 8.92. The molecular formula is C20H34N2O. The second-order valence-electron chi connectivity index (χ2n) is 5.01. The molecule has 3 unspecified atom stereocenters. The van der Waals surface area contributed by atoms with Crippen LogP contribution in [0.3, 0.4) is 0 Å². The lowest BCUT2D eigenvalue weighted by molar-refractivity contribution is 0.00990. The van der Waals surface area contributed by atoms with E-state index in [-0.39, 0.29) is 11.8 Å². The molecule has 130 valence electrons. The minimum atomic E-state index is -0.771. The average molecular weight is 319 g/mol. The first-order valence-corrected chi connectivity index (χ1v) is 8.92. The molecule has 3 nitrogen and oxygen atoms in total. The van der Waals surface area contributed by atoms with Gasteiger partial charge in [0.15, 0.2) is 0 Å². The zero-order chi connectivity index (χ0) is 18.0. The van der Waals surface area contributed by atoms with E-state index in [1.165, 1.54) is 5.56 Å². The van der Waals surface area contributed by atoms with Gasteiger partial charge in [-0.3, -0.25) is 0 Å². The largest absolute Gasteiger partial charge is 0.385 e. The fourth-order valence-electron chi connectivity index (χ4n) is 2.94. The summed E-state index contributed by atoms with van der Waals surface area (Å²) in [6.45, 7) is 16.0. The number of hydrogen-bond donors (Lipinski definition) is 2. The van der Waals surface area contributed by atoms with E-state index in [2.05, 4.69) is 23.0 Å². The van der Waals surface area contributed by atoms with Crippen molar-refractivity contribution in [1.82, 2.24) is 9.97 Å². The summed E-state index contributed by atoms with van der Waals surface area (Å²) in [5, 5.41) is 10.7. The van der Waals surface area contributed by atoms with Crippen LogP contribution in [0.2, 0.25) is 0 Å². The van der Waals surface area contributed by atoms with Crippen LogP contribution in [0.4, 0.5) is 0 Å². The first-order chi connectivity index (χ1) is 11.1. The van der Waals surface area contributed by atoms with Gasteiger partial charge in [-0.15, -0.1) is 0 Å². The number of hydrogen-bond acceptors (Lipinski definition) is 2. The number of aromatic nitrogens is 2. The number of imidazole rings is 1. The summed E-state index contributed by atoms with van der Waals surface area (Å²) in [7, 11) is 0. The van der Waals surface area contributed by atoms with Crippen LogP contribution in [0.25, 0.3) is 0 Å². The van der Waals surface area contributed by atoms with E-state index in [0.717, 1.165) is 11.3 Å². The van der Waals surface area contributed by atoms with E-state index in [1.54, 1.807) is 6.33 Å². The highest BCUT2D eigenvalue weighted by Gasteiger charge is 2.46. The highest BCUT2D eigenvalue weighted by molar-refractivity contribution is 5.45. The van der Waals surface area contributed by atoms with Gasteiger partial charge in [-0.1, -0.05) is 72.7 Å². The van der Waals surface area contributed by atoms with Crippen molar-refractivity contribution in [3.8, 4) is 0 Å². The Kier molecular flexibility index (Phi) is 9.50. The Morgan fingerprint density at radius 1 is 1.04 bits per heavy atom. The minimum Gasteiger partial charge on any atom is -0.385 e. The predicted molar refractivity (Wildman–Crippen MR) is 99.7 cm³/mol. The third-order valence-corrected chi connectivity index (χ3v) is 4.08. The van der Waals surface area contributed by atoms with Crippen molar-refractivity contribution in [3.63, 3.8) is 0 Å². The van der Waals surface area contributed by atoms with Crippen molar-refractivity contribution < 1.29 is 5.11 Å². The van der Waals surface area contributed by atoms with E-state index in [1.807, 2.05) is 72.9 Å². The summed E-state index contributed by atoms with van der Waals surface area (Å²) in [5.74, 6) is 0.337. The zero-order valence-corrected chi connectivity index (χ0v) is 16.0. The van der Waals surface area contributed by atoms with Crippen LogP contribution < -0.4 is 0 Å². The molecule has 0 amide bonds. The van der Waals surface area contributed by atoms with E-state index >= 15 is 0 Å². The van der Waals surface area contributed by atoms with Gasteiger partial charge in [-0.05, 0) is 18.1 Å². The second kappa shape index (κ2) is 10.2. The highest BCUT2D eigenvalue weighted by Crippen LogP contribution is 2.50. The molecule has 0 fully saturated rings.